The van der Waals surface area contributed by atoms with Gasteiger partial charge < -0.3 is 9.64 Å². The fraction of sp³-hybridized carbons (Fsp3) is 0.733. The number of rotatable bonds is 3. The van der Waals surface area contributed by atoms with E-state index in [0.29, 0.717) is 6.04 Å². The third-order valence-electron chi connectivity index (χ3n) is 4.29. The standard InChI is InChI=1S/C15H24N4OS/c1-12-10-14(17-15(16-12)21-2)19-5-3-4-13(11-19)18-6-8-20-9-7-18/h10,13H,3-9,11H2,1-2H3. The fourth-order valence-corrected chi connectivity index (χ4v) is 3.60. The number of ether oxygens (including phenoxy) is 1. The zero-order valence-electron chi connectivity index (χ0n) is 12.9. The van der Waals surface area contributed by atoms with Gasteiger partial charge in [0, 0.05) is 44.0 Å². The summed E-state index contributed by atoms with van der Waals surface area (Å²) in [6, 6.07) is 2.75. The summed E-state index contributed by atoms with van der Waals surface area (Å²) >= 11 is 1.61. The maximum atomic E-state index is 5.47. The molecule has 1 aromatic heterocycles. The molecule has 0 spiro atoms. The molecule has 1 atom stereocenters. The van der Waals surface area contributed by atoms with Crippen LogP contribution < -0.4 is 4.90 Å². The van der Waals surface area contributed by atoms with Crippen molar-refractivity contribution in [3.63, 3.8) is 0 Å². The van der Waals surface area contributed by atoms with Crippen molar-refractivity contribution >= 4 is 17.6 Å². The van der Waals surface area contributed by atoms with Crippen molar-refractivity contribution in [3.05, 3.63) is 11.8 Å². The fourth-order valence-electron chi connectivity index (χ4n) is 3.18. The van der Waals surface area contributed by atoms with Crippen LogP contribution in [0.25, 0.3) is 0 Å². The van der Waals surface area contributed by atoms with Gasteiger partial charge in [0.05, 0.1) is 13.2 Å². The molecule has 2 fully saturated rings. The van der Waals surface area contributed by atoms with E-state index in [0.717, 1.165) is 56.1 Å². The Hall–Kier alpha value is -0.850. The van der Waals surface area contributed by atoms with Gasteiger partial charge in [0.1, 0.15) is 5.82 Å². The molecule has 2 saturated heterocycles. The van der Waals surface area contributed by atoms with E-state index in [1.165, 1.54) is 12.8 Å². The molecule has 3 rings (SSSR count). The number of anilines is 1. The molecule has 0 saturated carbocycles. The molecular formula is C15H24N4OS. The van der Waals surface area contributed by atoms with Crippen LogP contribution in [0.5, 0.6) is 0 Å². The Morgan fingerprint density at radius 3 is 2.81 bits per heavy atom. The van der Waals surface area contributed by atoms with E-state index >= 15 is 0 Å². The van der Waals surface area contributed by atoms with Crippen LogP contribution in [0.3, 0.4) is 0 Å². The number of hydrogen-bond acceptors (Lipinski definition) is 6. The van der Waals surface area contributed by atoms with Gasteiger partial charge in [0.2, 0.25) is 0 Å². The van der Waals surface area contributed by atoms with Crippen molar-refractivity contribution in [2.75, 3.05) is 50.5 Å². The average molecular weight is 308 g/mol. The van der Waals surface area contributed by atoms with Crippen LogP contribution >= 0.6 is 11.8 Å². The van der Waals surface area contributed by atoms with Gasteiger partial charge in [-0.15, -0.1) is 0 Å². The Balaban J connectivity index is 1.71. The number of morpholine rings is 1. The highest BCUT2D eigenvalue weighted by molar-refractivity contribution is 7.98. The Labute approximate surface area is 131 Å². The number of aryl methyl sites for hydroxylation is 1. The van der Waals surface area contributed by atoms with Crippen LogP contribution in [0.2, 0.25) is 0 Å². The molecule has 0 aliphatic carbocycles. The van der Waals surface area contributed by atoms with Gasteiger partial charge in [-0.25, -0.2) is 9.97 Å². The van der Waals surface area contributed by atoms with Crippen LogP contribution in [0, 0.1) is 6.92 Å². The maximum absolute atomic E-state index is 5.47. The Bertz CT molecular complexity index is 479. The van der Waals surface area contributed by atoms with Crippen molar-refractivity contribution in [1.82, 2.24) is 14.9 Å². The normalized spacial score (nSPS) is 24.3. The van der Waals surface area contributed by atoms with Gasteiger partial charge in [-0.05, 0) is 26.0 Å². The lowest BCUT2D eigenvalue weighted by atomic mass is 10.0. The third-order valence-corrected chi connectivity index (χ3v) is 4.83. The first-order valence-electron chi connectivity index (χ1n) is 7.72. The van der Waals surface area contributed by atoms with Crippen LogP contribution in [0.4, 0.5) is 5.82 Å². The number of piperidine rings is 1. The summed E-state index contributed by atoms with van der Waals surface area (Å²) < 4.78 is 5.47. The number of aromatic nitrogens is 2. The molecule has 0 amide bonds. The van der Waals surface area contributed by atoms with Crippen LogP contribution in [0.1, 0.15) is 18.5 Å². The van der Waals surface area contributed by atoms with E-state index in [9.17, 15) is 0 Å². The second-order valence-corrected chi connectivity index (χ2v) is 6.52. The summed E-state index contributed by atoms with van der Waals surface area (Å²) in [5.41, 5.74) is 1.05. The van der Waals surface area contributed by atoms with Gasteiger partial charge in [0.25, 0.3) is 0 Å². The van der Waals surface area contributed by atoms with Crippen molar-refractivity contribution in [2.24, 2.45) is 0 Å². The molecule has 2 aliphatic heterocycles. The topological polar surface area (TPSA) is 41.5 Å². The van der Waals surface area contributed by atoms with Crippen LogP contribution in [-0.4, -0.2) is 66.6 Å². The molecular weight excluding hydrogens is 284 g/mol. The van der Waals surface area contributed by atoms with Gasteiger partial charge >= 0.3 is 0 Å². The molecule has 116 valence electrons. The lowest BCUT2D eigenvalue weighted by Gasteiger charge is -2.41. The molecule has 0 N–H and O–H groups in total. The van der Waals surface area contributed by atoms with Crippen molar-refractivity contribution in [1.29, 1.82) is 0 Å². The zero-order chi connectivity index (χ0) is 14.7. The molecule has 1 unspecified atom stereocenters. The molecule has 0 bridgehead atoms. The Morgan fingerprint density at radius 1 is 1.24 bits per heavy atom. The third kappa shape index (κ3) is 3.67. The lowest BCUT2D eigenvalue weighted by molar-refractivity contribution is 0.0137. The van der Waals surface area contributed by atoms with E-state index in [1.807, 2.05) is 13.2 Å². The second-order valence-electron chi connectivity index (χ2n) is 5.74. The minimum absolute atomic E-state index is 0.635. The summed E-state index contributed by atoms with van der Waals surface area (Å²) in [6.45, 7) is 8.11. The first-order valence-corrected chi connectivity index (χ1v) is 8.95. The second kappa shape index (κ2) is 6.94. The molecule has 0 aromatic carbocycles. The van der Waals surface area contributed by atoms with E-state index in [1.54, 1.807) is 11.8 Å². The Morgan fingerprint density at radius 2 is 2.05 bits per heavy atom. The van der Waals surface area contributed by atoms with Gasteiger partial charge in [-0.1, -0.05) is 11.8 Å². The van der Waals surface area contributed by atoms with Gasteiger partial charge in [0.15, 0.2) is 5.16 Å². The van der Waals surface area contributed by atoms with Crippen LogP contribution in [0.15, 0.2) is 11.2 Å². The van der Waals surface area contributed by atoms with E-state index in [-0.39, 0.29) is 0 Å². The van der Waals surface area contributed by atoms with Gasteiger partial charge in [-0.2, -0.15) is 0 Å². The van der Waals surface area contributed by atoms with E-state index in [2.05, 4.69) is 25.8 Å². The first-order chi connectivity index (χ1) is 10.3. The summed E-state index contributed by atoms with van der Waals surface area (Å²) in [4.78, 5) is 14.2. The zero-order valence-corrected chi connectivity index (χ0v) is 13.7. The molecule has 1 aromatic rings. The van der Waals surface area contributed by atoms with Crippen molar-refractivity contribution < 1.29 is 4.74 Å². The predicted octanol–water partition coefficient (Wildman–Crippen LogP) is 1.81. The molecule has 6 heteroatoms. The van der Waals surface area contributed by atoms with E-state index in [4.69, 9.17) is 4.74 Å². The van der Waals surface area contributed by atoms with E-state index < -0.39 is 0 Å². The number of hydrogen-bond donors (Lipinski definition) is 0. The van der Waals surface area contributed by atoms with Crippen LogP contribution in [-0.2, 0) is 4.74 Å². The summed E-state index contributed by atoms with van der Waals surface area (Å²) in [6.07, 6.45) is 4.56. The quantitative estimate of drug-likeness (QED) is 0.626. The summed E-state index contributed by atoms with van der Waals surface area (Å²) in [7, 11) is 0. The van der Waals surface area contributed by atoms with Gasteiger partial charge in [-0.3, -0.25) is 4.90 Å². The lowest BCUT2D eigenvalue weighted by Crippen LogP contribution is -2.51. The highest BCUT2D eigenvalue weighted by Crippen LogP contribution is 2.23. The van der Waals surface area contributed by atoms with Crippen molar-refractivity contribution in [3.8, 4) is 0 Å². The maximum Gasteiger partial charge on any atom is 0.189 e. The smallest absolute Gasteiger partial charge is 0.189 e. The first kappa shape index (κ1) is 15.1. The Kier molecular flexibility index (Phi) is 4.98. The largest absolute Gasteiger partial charge is 0.379 e. The van der Waals surface area contributed by atoms with Crippen molar-refractivity contribution in [2.45, 2.75) is 31.0 Å². The predicted molar refractivity (Wildman–Crippen MR) is 86.2 cm³/mol. The monoisotopic (exact) mass is 308 g/mol. The summed E-state index contributed by atoms with van der Waals surface area (Å²) in [5, 5.41) is 0.874. The minimum atomic E-state index is 0.635. The summed E-state index contributed by atoms with van der Waals surface area (Å²) in [5.74, 6) is 1.09. The molecule has 2 aliphatic rings. The molecule has 3 heterocycles. The SMILES string of the molecule is CSc1nc(C)cc(N2CCCC(N3CCOCC3)C2)n1. The minimum Gasteiger partial charge on any atom is -0.379 e. The highest BCUT2D eigenvalue weighted by Gasteiger charge is 2.27. The highest BCUT2D eigenvalue weighted by atomic mass is 32.2. The number of nitrogens with zero attached hydrogens (tertiary/aromatic N) is 4. The average Bonchev–Trinajstić information content (AvgIpc) is 2.55. The number of thioether (sulfide) groups is 1. The molecule has 21 heavy (non-hydrogen) atoms. The molecule has 0 radical (unpaired) electrons. The molecule has 5 nitrogen and oxygen atoms in total.